The molecule has 30 heavy (non-hydrogen) atoms. The maximum Gasteiger partial charge on any atom is 0.241 e. The van der Waals surface area contributed by atoms with Crippen molar-refractivity contribution in [3.05, 3.63) is 64.7 Å². The highest BCUT2D eigenvalue weighted by atomic mass is 32.2. The summed E-state index contributed by atoms with van der Waals surface area (Å²) in [6.45, 7) is 6.93. The van der Waals surface area contributed by atoms with E-state index in [9.17, 15) is 13.2 Å². The smallest absolute Gasteiger partial charge is 0.241 e. The average molecular weight is 429 g/mol. The van der Waals surface area contributed by atoms with Crippen LogP contribution >= 0.6 is 0 Å². The lowest BCUT2D eigenvalue weighted by Crippen LogP contribution is -2.50. The topological polar surface area (TPSA) is 66.5 Å². The van der Waals surface area contributed by atoms with Crippen LogP contribution in [0.1, 0.15) is 47.9 Å². The second kappa shape index (κ2) is 9.75. The number of carbonyl (C=O) groups excluding carboxylic acids is 1. The second-order valence-corrected chi connectivity index (χ2v) is 9.98. The average Bonchev–Trinajstić information content (AvgIpc) is 2.96. The minimum absolute atomic E-state index is 0.133. The number of rotatable bonds is 6. The van der Waals surface area contributed by atoms with E-state index in [0.717, 1.165) is 36.8 Å². The van der Waals surface area contributed by atoms with E-state index in [4.69, 9.17) is 0 Å². The Kier molecular flexibility index (Phi) is 7.32. The van der Waals surface area contributed by atoms with Crippen molar-refractivity contribution in [1.82, 2.24) is 9.62 Å². The fraction of sp³-hybridized carbons (Fsp3) is 0.458. The zero-order valence-corrected chi connectivity index (χ0v) is 19.0. The Hall–Kier alpha value is -2.18. The second-order valence-electron chi connectivity index (χ2n) is 8.33. The highest BCUT2D eigenvalue weighted by molar-refractivity contribution is 7.89. The van der Waals surface area contributed by atoms with Gasteiger partial charge in [0.05, 0.1) is 4.90 Å². The van der Waals surface area contributed by atoms with Crippen LogP contribution in [0.4, 0.5) is 0 Å². The highest BCUT2D eigenvalue weighted by Gasteiger charge is 2.31. The normalized spacial score (nSPS) is 16.2. The van der Waals surface area contributed by atoms with E-state index < -0.39 is 16.1 Å². The van der Waals surface area contributed by atoms with Crippen molar-refractivity contribution in [2.24, 2.45) is 0 Å². The van der Waals surface area contributed by atoms with Crippen molar-refractivity contribution < 1.29 is 13.2 Å². The van der Waals surface area contributed by atoms with Crippen LogP contribution in [-0.4, -0.2) is 38.4 Å². The molecular formula is C24H32N2O3S. The Labute approximate surface area is 180 Å². The van der Waals surface area contributed by atoms with E-state index in [1.54, 1.807) is 13.8 Å². The third-order valence-electron chi connectivity index (χ3n) is 5.67. The Bertz CT molecular complexity index is 956. The lowest BCUT2D eigenvalue weighted by Gasteiger charge is -2.27. The first-order valence-corrected chi connectivity index (χ1v) is 12.2. The minimum Gasteiger partial charge on any atom is -0.341 e. The van der Waals surface area contributed by atoms with Gasteiger partial charge in [-0.3, -0.25) is 4.79 Å². The molecule has 5 nitrogen and oxygen atoms in total. The van der Waals surface area contributed by atoms with E-state index >= 15 is 0 Å². The number of sulfonamides is 1. The molecule has 1 amide bonds. The number of hydrogen-bond donors (Lipinski definition) is 1. The van der Waals surface area contributed by atoms with E-state index in [-0.39, 0.29) is 10.8 Å². The van der Waals surface area contributed by atoms with Gasteiger partial charge in [0.25, 0.3) is 0 Å². The Morgan fingerprint density at radius 2 is 1.53 bits per heavy atom. The lowest BCUT2D eigenvalue weighted by molar-refractivity contribution is -0.132. The number of benzene rings is 2. The standard InChI is InChI=1S/C24H32N2O3S/c1-18-15-19(2)23(20(3)16-18)30(28,29)25-22(17-21-11-7-6-8-12-21)24(27)26-13-9-4-5-10-14-26/h6-8,11-12,15-16,22,25H,4-5,9-10,13-14,17H2,1-3H3/t22-/m0/s1. The molecule has 1 aliphatic rings. The molecule has 1 aliphatic heterocycles. The van der Waals surface area contributed by atoms with Gasteiger partial charge in [0.15, 0.2) is 0 Å². The molecule has 6 heteroatoms. The van der Waals surface area contributed by atoms with Gasteiger partial charge in [0.2, 0.25) is 15.9 Å². The van der Waals surface area contributed by atoms with Gasteiger partial charge in [-0.05, 0) is 56.7 Å². The van der Waals surface area contributed by atoms with E-state index in [1.807, 2.05) is 54.3 Å². The van der Waals surface area contributed by atoms with Crippen LogP contribution in [0.2, 0.25) is 0 Å². The molecule has 2 aromatic rings. The molecule has 0 bridgehead atoms. The highest BCUT2D eigenvalue weighted by Crippen LogP contribution is 2.23. The number of amides is 1. The van der Waals surface area contributed by atoms with Crippen molar-refractivity contribution in [2.45, 2.75) is 63.8 Å². The van der Waals surface area contributed by atoms with Crippen LogP contribution in [0.5, 0.6) is 0 Å². The Morgan fingerprint density at radius 3 is 2.10 bits per heavy atom. The number of carbonyl (C=O) groups is 1. The van der Waals surface area contributed by atoms with Crippen molar-refractivity contribution >= 4 is 15.9 Å². The van der Waals surface area contributed by atoms with Crippen LogP contribution < -0.4 is 4.72 Å². The van der Waals surface area contributed by atoms with E-state index in [2.05, 4.69) is 4.72 Å². The number of hydrogen-bond acceptors (Lipinski definition) is 3. The maximum absolute atomic E-state index is 13.4. The van der Waals surface area contributed by atoms with Crippen molar-refractivity contribution in [3.63, 3.8) is 0 Å². The van der Waals surface area contributed by atoms with Gasteiger partial charge in [-0.2, -0.15) is 4.72 Å². The van der Waals surface area contributed by atoms with Crippen molar-refractivity contribution in [2.75, 3.05) is 13.1 Å². The fourth-order valence-corrected chi connectivity index (χ4v) is 6.02. The van der Waals surface area contributed by atoms with Gasteiger partial charge in [-0.25, -0.2) is 8.42 Å². The number of nitrogens with zero attached hydrogens (tertiary/aromatic N) is 1. The van der Waals surface area contributed by atoms with Gasteiger partial charge in [0.1, 0.15) is 6.04 Å². The summed E-state index contributed by atoms with van der Waals surface area (Å²) in [5, 5.41) is 0. The predicted molar refractivity (Wildman–Crippen MR) is 120 cm³/mol. The zero-order valence-electron chi connectivity index (χ0n) is 18.1. The molecule has 0 spiro atoms. The lowest BCUT2D eigenvalue weighted by atomic mass is 10.1. The third-order valence-corrected chi connectivity index (χ3v) is 7.45. The van der Waals surface area contributed by atoms with Crippen molar-refractivity contribution in [1.29, 1.82) is 0 Å². The largest absolute Gasteiger partial charge is 0.341 e. The molecule has 1 atom stereocenters. The molecule has 0 saturated carbocycles. The van der Waals surface area contributed by atoms with Crippen molar-refractivity contribution in [3.8, 4) is 0 Å². The molecule has 1 heterocycles. The fourth-order valence-electron chi connectivity index (χ4n) is 4.38. The number of aryl methyl sites for hydroxylation is 3. The van der Waals surface area contributed by atoms with Crippen LogP contribution in [0, 0.1) is 20.8 Å². The Balaban J connectivity index is 1.92. The van der Waals surface area contributed by atoms with Gasteiger partial charge in [-0.15, -0.1) is 0 Å². The molecule has 3 rings (SSSR count). The van der Waals surface area contributed by atoms with E-state index in [0.29, 0.717) is 30.6 Å². The molecular weight excluding hydrogens is 396 g/mol. The summed E-state index contributed by atoms with van der Waals surface area (Å²) >= 11 is 0. The maximum atomic E-state index is 13.4. The molecule has 0 unspecified atom stereocenters. The van der Waals surface area contributed by atoms with Crippen LogP contribution in [-0.2, 0) is 21.2 Å². The summed E-state index contributed by atoms with van der Waals surface area (Å²) in [4.78, 5) is 15.5. The van der Waals surface area contributed by atoms with Crippen LogP contribution in [0.25, 0.3) is 0 Å². The number of likely N-dealkylation sites (tertiary alicyclic amines) is 1. The van der Waals surface area contributed by atoms with Crippen LogP contribution in [0.3, 0.4) is 0 Å². The first-order valence-electron chi connectivity index (χ1n) is 10.7. The molecule has 2 aromatic carbocycles. The molecule has 1 fully saturated rings. The molecule has 1 N–H and O–H groups in total. The predicted octanol–water partition coefficient (Wildman–Crippen LogP) is 3.90. The molecule has 0 radical (unpaired) electrons. The molecule has 0 aliphatic carbocycles. The summed E-state index contributed by atoms with van der Waals surface area (Å²) in [7, 11) is -3.85. The van der Waals surface area contributed by atoms with Gasteiger partial charge >= 0.3 is 0 Å². The molecule has 162 valence electrons. The minimum atomic E-state index is -3.85. The Morgan fingerprint density at radius 1 is 0.967 bits per heavy atom. The summed E-state index contributed by atoms with van der Waals surface area (Å²) in [6, 6.07) is 12.5. The summed E-state index contributed by atoms with van der Waals surface area (Å²) in [6.07, 6.45) is 4.49. The zero-order chi connectivity index (χ0) is 21.7. The number of nitrogens with one attached hydrogen (secondary N) is 1. The van der Waals surface area contributed by atoms with E-state index in [1.165, 1.54) is 0 Å². The van der Waals surface area contributed by atoms with Gasteiger partial charge < -0.3 is 4.90 Å². The van der Waals surface area contributed by atoms with Crippen LogP contribution in [0.15, 0.2) is 47.4 Å². The molecule has 0 aromatic heterocycles. The third kappa shape index (κ3) is 5.49. The first kappa shape index (κ1) is 22.5. The summed E-state index contributed by atoms with van der Waals surface area (Å²) in [5.74, 6) is -0.133. The monoisotopic (exact) mass is 428 g/mol. The quantitative estimate of drug-likeness (QED) is 0.759. The van der Waals surface area contributed by atoms with Gasteiger partial charge in [0, 0.05) is 13.1 Å². The molecule has 1 saturated heterocycles. The van der Waals surface area contributed by atoms with Gasteiger partial charge in [-0.1, -0.05) is 60.9 Å². The SMILES string of the molecule is Cc1cc(C)c(S(=O)(=O)N[C@@H](Cc2ccccc2)C(=O)N2CCCCCC2)c(C)c1. The summed E-state index contributed by atoms with van der Waals surface area (Å²) < 4.78 is 29.5. The first-order chi connectivity index (χ1) is 14.3. The summed E-state index contributed by atoms with van der Waals surface area (Å²) in [5.41, 5.74) is 3.34.